The number of hydrogen-bond acceptors (Lipinski definition) is 2. The fourth-order valence-corrected chi connectivity index (χ4v) is 0.624. The molecule has 0 spiro atoms. The lowest BCUT2D eigenvalue weighted by atomic mass is 10.5. The molecule has 0 aromatic carbocycles. The molecule has 1 heterocycles. The zero-order valence-electron chi connectivity index (χ0n) is 6.37. The Morgan fingerprint density at radius 2 is 2.55 bits per heavy atom. The Labute approximate surface area is 66.2 Å². The van der Waals surface area contributed by atoms with Crippen molar-refractivity contribution in [2.45, 2.75) is 6.92 Å². The molecule has 0 aliphatic rings. The predicted octanol–water partition coefficient (Wildman–Crippen LogP) is 1.48. The fraction of sp³-hybridized carbons (Fsp3) is 0.222. The van der Waals surface area contributed by atoms with Gasteiger partial charge in [-0.15, -0.1) is 5.92 Å². The molecule has 0 atom stereocenters. The Balaban J connectivity index is 2.43. The molecule has 1 aromatic rings. The van der Waals surface area contributed by atoms with Crippen LogP contribution in [0.4, 0.5) is 0 Å². The first-order valence-electron chi connectivity index (χ1n) is 3.36. The molecule has 11 heavy (non-hydrogen) atoms. The Kier molecular flexibility index (Phi) is 3.01. The van der Waals surface area contributed by atoms with E-state index in [4.69, 9.17) is 4.74 Å². The SMILES string of the molecule is CC#CCOc1cccnc1. The highest BCUT2D eigenvalue weighted by Gasteiger charge is 1.86. The van der Waals surface area contributed by atoms with Crippen LogP contribution in [0.15, 0.2) is 24.5 Å². The number of hydrogen-bond donors (Lipinski definition) is 0. The molecule has 2 heteroatoms. The lowest BCUT2D eigenvalue weighted by Crippen LogP contribution is -1.93. The summed E-state index contributed by atoms with van der Waals surface area (Å²) in [4.78, 5) is 3.89. The number of pyridine rings is 1. The quantitative estimate of drug-likeness (QED) is 0.591. The van der Waals surface area contributed by atoms with Crippen LogP contribution in [0.25, 0.3) is 0 Å². The second kappa shape index (κ2) is 4.35. The molecule has 0 bridgehead atoms. The van der Waals surface area contributed by atoms with Crippen LogP contribution >= 0.6 is 0 Å². The molecule has 0 aliphatic heterocycles. The summed E-state index contributed by atoms with van der Waals surface area (Å²) in [6, 6.07) is 3.68. The molecule has 0 N–H and O–H groups in total. The van der Waals surface area contributed by atoms with E-state index in [0.717, 1.165) is 5.75 Å². The standard InChI is InChI=1S/C9H9NO/c1-2-3-7-11-9-5-4-6-10-8-9/h4-6,8H,7H2,1H3. The zero-order valence-corrected chi connectivity index (χ0v) is 6.37. The highest BCUT2D eigenvalue weighted by molar-refractivity contribution is 5.16. The van der Waals surface area contributed by atoms with Gasteiger partial charge in [-0.05, 0) is 19.1 Å². The average molecular weight is 147 g/mol. The minimum atomic E-state index is 0.433. The van der Waals surface area contributed by atoms with Gasteiger partial charge in [-0.2, -0.15) is 0 Å². The van der Waals surface area contributed by atoms with Gasteiger partial charge in [0.05, 0.1) is 6.20 Å². The molecule has 0 aliphatic carbocycles. The van der Waals surface area contributed by atoms with E-state index in [1.807, 2.05) is 12.1 Å². The third kappa shape index (κ3) is 2.72. The highest BCUT2D eigenvalue weighted by Crippen LogP contribution is 2.04. The van der Waals surface area contributed by atoms with E-state index < -0.39 is 0 Å². The molecule has 56 valence electrons. The molecule has 1 aromatic heterocycles. The molecule has 0 amide bonds. The van der Waals surface area contributed by atoms with Crippen LogP contribution in [-0.2, 0) is 0 Å². The predicted molar refractivity (Wildman–Crippen MR) is 43.2 cm³/mol. The molecule has 0 radical (unpaired) electrons. The number of rotatable bonds is 2. The Hall–Kier alpha value is -1.49. The normalized spacial score (nSPS) is 8.09. The fourth-order valence-electron chi connectivity index (χ4n) is 0.624. The highest BCUT2D eigenvalue weighted by atomic mass is 16.5. The van der Waals surface area contributed by atoms with Gasteiger partial charge in [0.1, 0.15) is 12.4 Å². The van der Waals surface area contributed by atoms with Gasteiger partial charge in [-0.1, -0.05) is 5.92 Å². The van der Waals surface area contributed by atoms with Crippen molar-refractivity contribution in [2.75, 3.05) is 6.61 Å². The monoisotopic (exact) mass is 147 g/mol. The van der Waals surface area contributed by atoms with Gasteiger partial charge in [0, 0.05) is 6.20 Å². The van der Waals surface area contributed by atoms with Crippen molar-refractivity contribution in [3.63, 3.8) is 0 Å². The van der Waals surface area contributed by atoms with Crippen molar-refractivity contribution >= 4 is 0 Å². The van der Waals surface area contributed by atoms with Crippen LogP contribution in [0, 0.1) is 11.8 Å². The summed E-state index contributed by atoms with van der Waals surface area (Å²) < 4.78 is 5.21. The van der Waals surface area contributed by atoms with Crippen LogP contribution in [0.3, 0.4) is 0 Å². The summed E-state index contributed by atoms with van der Waals surface area (Å²) in [7, 11) is 0. The summed E-state index contributed by atoms with van der Waals surface area (Å²) in [5.41, 5.74) is 0. The van der Waals surface area contributed by atoms with E-state index in [-0.39, 0.29) is 0 Å². The van der Waals surface area contributed by atoms with Crippen LogP contribution in [0.2, 0.25) is 0 Å². The van der Waals surface area contributed by atoms with Gasteiger partial charge >= 0.3 is 0 Å². The van der Waals surface area contributed by atoms with Crippen molar-refractivity contribution in [1.82, 2.24) is 4.98 Å². The maximum absolute atomic E-state index is 5.21. The van der Waals surface area contributed by atoms with Gasteiger partial charge < -0.3 is 4.74 Å². The third-order valence-corrected chi connectivity index (χ3v) is 1.12. The van der Waals surface area contributed by atoms with Gasteiger partial charge in [0.2, 0.25) is 0 Å². The molecular weight excluding hydrogens is 138 g/mol. The summed E-state index contributed by atoms with van der Waals surface area (Å²) in [5.74, 6) is 6.30. The Bertz CT molecular complexity index is 258. The van der Waals surface area contributed by atoms with Crippen LogP contribution in [0.5, 0.6) is 5.75 Å². The Morgan fingerprint density at radius 1 is 1.64 bits per heavy atom. The largest absolute Gasteiger partial charge is 0.479 e. The maximum Gasteiger partial charge on any atom is 0.149 e. The topological polar surface area (TPSA) is 22.1 Å². The molecule has 0 fully saturated rings. The summed E-state index contributed by atoms with van der Waals surface area (Å²) >= 11 is 0. The lowest BCUT2D eigenvalue weighted by Gasteiger charge is -1.98. The minimum Gasteiger partial charge on any atom is -0.479 e. The van der Waals surface area contributed by atoms with Gasteiger partial charge in [0.25, 0.3) is 0 Å². The van der Waals surface area contributed by atoms with Crippen molar-refractivity contribution in [2.24, 2.45) is 0 Å². The minimum absolute atomic E-state index is 0.433. The molecular formula is C9H9NO. The maximum atomic E-state index is 5.21. The van der Waals surface area contributed by atoms with Crippen molar-refractivity contribution < 1.29 is 4.74 Å². The van der Waals surface area contributed by atoms with Gasteiger partial charge in [-0.3, -0.25) is 4.98 Å². The summed E-state index contributed by atoms with van der Waals surface area (Å²) in [6.45, 7) is 2.22. The van der Waals surface area contributed by atoms with Crippen molar-refractivity contribution in [3.8, 4) is 17.6 Å². The molecule has 0 saturated heterocycles. The first-order valence-corrected chi connectivity index (χ1v) is 3.36. The molecule has 0 unspecified atom stereocenters. The second-order valence-electron chi connectivity index (χ2n) is 1.90. The van der Waals surface area contributed by atoms with Gasteiger partial charge in [-0.25, -0.2) is 0 Å². The van der Waals surface area contributed by atoms with E-state index in [0.29, 0.717) is 6.61 Å². The van der Waals surface area contributed by atoms with Crippen molar-refractivity contribution in [3.05, 3.63) is 24.5 Å². The first kappa shape index (κ1) is 7.62. The second-order valence-corrected chi connectivity index (χ2v) is 1.90. The first-order chi connectivity index (χ1) is 5.43. The number of nitrogens with zero attached hydrogens (tertiary/aromatic N) is 1. The van der Waals surface area contributed by atoms with E-state index in [1.165, 1.54) is 0 Å². The summed E-state index contributed by atoms with van der Waals surface area (Å²) in [6.07, 6.45) is 3.37. The van der Waals surface area contributed by atoms with E-state index in [9.17, 15) is 0 Å². The Morgan fingerprint density at radius 3 is 3.18 bits per heavy atom. The third-order valence-electron chi connectivity index (χ3n) is 1.12. The van der Waals surface area contributed by atoms with Crippen LogP contribution in [-0.4, -0.2) is 11.6 Å². The average Bonchev–Trinajstić information content (AvgIpc) is 2.07. The van der Waals surface area contributed by atoms with Crippen molar-refractivity contribution in [1.29, 1.82) is 0 Å². The summed E-state index contributed by atoms with van der Waals surface area (Å²) in [5, 5.41) is 0. The van der Waals surface area contributed by atoms with Gasteiger partial charge in [0.15, 0.2) is 0 Å². The molecule has 1 rings (SSSR count). The van der Waals surface area contributed by atoms with E-state index >= 15 is 0 Å². The lowest BCUT2D eigenvalue weighted by molar-refractivity contribution is 0.368. The zero-order chi connectivity index (χ0) is 7.94. The number of aromatic nitrogens is 1. The molecule has 2 nitrogen and oxygen atoms in total. The van der Waals surface area contributed by atoms with E-state index in [1.54, 1.807) is 19.3 Å². The molecule has 0 saturated carbocycles. The smallest absolute Gasteiger partial charge is 0.149 e. The van der Waals surface area contributed by atoms with E-state index in [2.05, 4.69) is 16.8 Å². The van der Waals surface area contributed by atoms with Crippen LogP contribution < -0.4 is 4.74 Å². The van der Waals surface area contributed by atoms with Crippen LogP contribution in [0.1, 0.15) is 6.92 Å². The number of ether oxygens (including phenoxy) is 1.